The van der Waals surface area contributed by atoms with Gasteiger partial charge in [-0.1, -0.05) is 24.6 Å². The predicted molar refractivity (Wildman–Crippen MR) is 88.9 cm³/mol. The van der Waals surface area contributed by atoms with Crippen LogP contribution in [0, 0.1) is 19.3 Å². The van der Waals surface area contributed by atoms with Gasteiger partial charge in [0.25, 0.3) is 0 Å². The van der Waals surface area contributed by atoms with E-state index in [4.69, 9.17) is 0 Å². The standard InChI is InChI=1S/C17H28N2O3/c1-12-6-7-15(13(2)8-12)18-16(22)14(3)19(5)9-17(4,10-20)11-21/h6-8,14,20-21H,9-11H2,1-5H3,(H,18,22). The number of aryl methyl sites for hydroxylation is 2. The van der Waals surface area contributed by atoms with Gasteiger partial charge in [0.2, 0.25) is 5.91 Å². The maximum Gasteiger partial charge on any atom is 0.241 e. The van der Waals surface area contributed by atoms with Crippen LogP contribution in [0.1, 0.15) is 25.0 Å². The Morgan fingerprint density at radius 2 is 1.91 bits per heavy atom. The first-order valence-electron chi connectivity index (χ1n) is 7.52. The molecule has 3 N–H and O–H groups in total. The van der Waals surface area contributed by atoms with Crippen molar-refractivity contribution in [3.8, 4) is 0 Å². The Kier molecular flexibility index (Phi) is 6.53. The summed E-state index contributed by atoms with van der Waals surface area (Å²) in [6, 6.07) is 5.53. The summed E-state index contributed by atoms with van der Waals surface area (Å²) in [7, 11) is 1.82. The third kappa shape index (κ3) is 4.80. The molecule has 1 aromatic rings. The summed E-state index contributed by atoms with van der Waals surface area (Å²) in [5.41, 5.74) is 2.37. The lowest BCUT2D eigenvalue weighted by molar-refractivity contribution is -0.121. The monoisotopic (exact) mass is 308 g/mol. The number of nitrogens with zero attached hydrogens (tertiary/aromatic N) is 1. The highest BCUT2D eigenvalue weighted by atomic mass is 16.3. The Bertz CT molecular complexity index is 513. The summed E-state index contributed by atoms with van der Waals surface area (Å²) in [6.07, 6.45) is 0. The minimum atomic E-state index is -0.622. The van der Waals surface area contributed by atoms with E-state index in [0.29, 0.717) is 6.54 Å². The second kappa shape index (κ2) is 7.72. The van der Waals surface area contributed by atoms with Gasteiger partial charge in [0.15, 0.2) is 0 Å². The van der Waals surface area contributed by atoms with Crippen LogP contribution in [0.3, 0.4) is 0 Å². The molecule has 0 aromatic heterocycles. The van der Waals surface area contributed by atoms with Gasteiger partial charge in [-0.25, -0.2) is 0 Å². The summed E-state index contributed by atoms with van der Waals surface area (Å²) < 4.78 is 0. The molecule has 0 aliphatic heterocycles. The number of aliphatic hydroxyl groups excluding tert-OH is 2. The lowest BCUT2D eigenvalue weighted by Crippen LogP contribution is -2.47. The zero-order valence-electron chi connectivity index (χ0n) is 14.2. The van der Waals surface area contributed by atoms with Crippen molar-refractivity contribution >= 4 is 11.6 Å². The molecule has 1 aromatic carbocycles. The van der Waals surface area contributed by atoms with Gasteiger partial charge in [0.1, 0.15) is 0 Å². The number of benzene rings is 1. The molecule has 0 fully saturated rings. The summed E-state index contributed by atoms with van der Waals surface area (Å²) in [5.74, 6) is -0.104. The lowest BCUT2D eigenvalue weighted by atomic mass is 9.92. The largest absolute Gasteiger partial charge is 0.396 e. The quantitative estimate of drug-likeness (QED) is 0.715. The van der Waals surface area contributed by atoms with Crippen LogP contribution >= 0.6 is 0 Å². The average molecular weight is 308 g/mol. The number of nitrogens with one attached hydrogen (secondary N) is 1. The highest BCUT2D eigenvalue weighted by Gasteiger charge is 2.28. The molecule has 0 radical (unpaired) electrons. The van der Waals surface area contributed by atoms with E-state index in [0.717, 1.165) is 16.8 Å². The van der Waals surface area contributed by atoms with Crippen LogP contribution in [0.2, 0.25) is 0 Å². The Hall–Kier alpha value is -1.43. The summed E-state index contributed by atoms with van der Waals surface area (Å²) in [4.78, 5) is 14.2. The summed E-state index contributed by atoms with van der Waals surface area (Å²) in [5, 5.41) is 21.7. The molecule has 1 unspecified atom stereocenters. The van der Waals surface area contributed by atoms with E-state index in [2.05, 4.69) is 5.32 Å². The minimum absolute atomic E-state index is 0.104. The maximum atomic E-state index is 12.4. The number of rotatable bonds is 7. The van der Waals surface area contributed by atoms with E-state index in [1.54, 1.807) is 6.92 Å². The van der Waals surface area contributed by atoms with Crippen LogP contribution in [-0.2, 0) is 4.79 Å². The molecule has 5 nitrogen and oxygen atoms in total. The van der Waals surface area contributed by atoms with Crippen molar-refractivity contribution in [2.45, 2.75) is 33.7 Å². The van der Waals surface area contributed by atoms with Crippen molar-refractivity contribution in [1.82, 2.24) is 4.90 Å². The fourth-order valence-corrected chi connectivity index (χ4v) is 2.28. The number of likely N-dealkylation sites (N-methyl/N-ethyl adjacent to an activating group) is 1. The van der Waals surface area contributed by atoms with Gasteiger partial charge in [0, 0.05) is 17.6 Å². The second-order valence-electron chi connectivity index (χ2n) is 6.53. The predicted octanol–water partition coefficient (Wildman–Crippen LogP) is 1.55. The highest BCUT2D eigenvalue weighted by molar-refractivity contribution is 5.95. The molecular formula is C17H28N2O3. The van der Waals surface area contributed by atoms with Gasteiger partial charge >= 0.3 is 0 Å². The fraction of sp³-hybridized carbons (Fsp3) is 0.588. The van der Waals surface area contributed by atoms with Gasteiger partial charge in [-0.05, 0) is 39.4 Å². The molecule has 0 aliphatic rings. The second-order valence-corrected chi connectivity index (χ2v) is 6.53. The number of amides is 1. The fourth-order valence-electron chi connectivity index (χ4n) is 2.28. The van der Waals surface area contributed by atoms with Crippen LogP contribution in [0.5, 0.6) is 0 Å². The zero-order valence-corrected chi connectivity index (χ0v) is 14.2. The molecule has 1 amide bonds. The first-order chi connectivity index (χ1) is 10.2. The van der Waals surface area contributed by atoms with Crippen LogP contribution < -0.4 is 5.32 Å². The number of carbonyl (C=O) groups is 1. The van der Waals surface area contributed by atoms with Crippen molar-refractivity contribution in [1.29, 1.82) is 0 Å². The van der Waals surface area contributed by atoms with E-state index in [1.165, 1.54) is 0 Å². The molecular weight excluding hydrogens is 280 g/mol. The molecule has 5 heteroatoms. The maximum absolute atomic E-state index is 12.4. The number of carbonyl (C=O) groups excluding carboxylic acids is 1. The van der Waals surface area contributed by atoms with E-state index in [9.17, 15) is 15.0 Å². The molecule has 0 aliphatic carbocycles. The first kappa shape index (κ1) is 18.6. The van der Waals surface area contributed by atoms with E-state index >= 15 is 0 Å². The number of aliphatic hydroxyl groups is 2. The van der Waals surface area contributed by atoms with Crippen molar-refractivity contribution in [3.05, 3.63) is 29.3 Å². The van der Waals surface area contributed by atoms with Crippen LogP contribution in [0.4, 0.5) is 5.69 Å². The molecule has 0 bridgehead atoms. The topological polar surface area (TPSA) is 72.8 Å². The Morgan fingerprint density at radius 3 is 2.41 bits per heavy atom. The molecule has 0 saturated carbocycles. The number of hydrogen-bond donors (Lipinski definition) is 3. The normalized spacial score (nSPS) is 13.3. The molecule has 0 heterocycles. The Labute approximate surface area is 133 Å². The molecule has 1 rings (SSSR count). The van der Waals surface area contributed by atoms with Gasteiger partial charge in [-0.3, -0.25) is 9.69 Å². The van der Waals surface area contributed by atoms with Gasteiger partial charge < -0.3 is 15.5 Å². The Balaban J connectivity index is 2.72. The van der Waals surface area contributed by atoms with E-state index in [-0.39, 0.29) is 25.2 Å². The van der Waals surface area contributed by atoms with Crippen molar-refractivity contribution in [2.75, 3.05) is 32.1 Å². The number of hydrogen-bond acceptors (Lipinski definition) is 4. The number of anilines is 1. The molecule has 1 atom stereocenters. The average Bonchev–Trinajstić information content (AvgIpc) is 2.48. The van der Waals surface area contributed by atoms with Gasteiger partial charge in [-0.15, -0.1) is 0 Å². The van der Waals surface area contributed by atoms with Crippen molar-refractivity contribution in [2.24, 2.45) is 5.41 Å². The Morgan fingerprint density at radius 1 is 1.32 bits per heavy atom. The smallest absolute Gasteiger partial charge is 0.241 e. The van der Waals surface area contributed by atoms with Crippen LogP contribution in [0.25, 0.3) is 0 Å². The minimum Gasteiger partial charge on any atom is -0.396 e. The zero-order chi connectivity index (χ0) is 16.9. The van der Waals surface area contributed by atoms with Crippen molar-refractivity contribution < 1.29 is 15.0 Å². The molecule has 0 spiro atoms. The third-order valence-corrected chi connectivity index (χ3v) is 4.07. The summed E-state index contributed by atoms with van der Waals surface area (Å²) >= 11 is 0. The highest BCUT2D eigenvalue weighted by Crippen LogP contribution is 2.19. The van der Waals surface area contributed by atoms with Gasteiger partial charge in [-0.2, -0.15) is 0 Å². The molecule has 22 heavy (non-hydrogen) atoms. The molecule has 0 saturated heterocycles. The third-order valence-electron chi connectivity index (χ3n) is 4.07. The van der Waals surface area contributed by atoms with Crippen LogP contribution in [-0.4, -0.2) is 53.9 Å². The van der Waals surface area contributed by atoms with Gasteiger partial charge in [0.05, 0.1) is 19.3 Å². The molecule has 124 valence electrons. The SMILES string of the molecule is Cc1ccc(NC(=O)C(C)N(C)CC(C)(CO)CO)c(C)c1. The van der Waals surface area contributed by atoms with E-state index in [1.807, 2.05) is 50.9 Å². The lowest BCUT2D eigenvalue weighted by Gasteiger charge is -2.33. The van der Waals surface area contributed by atoms with Crippen molar-refractivity contribution in [3.63, 3.8) is 0 Å². The van der Waals surface area contributed by atoms with E-state index < -0.39 is 5.41 Å². The first-order valence-corrected chi connectivity index (χ1v) is 7.52. The summed E-state index contributed by atoms with van der Waals surface area (Å²) in [6.45, 7) is 7.76. The van der Waals surface area contributed by atoms with Crippen LogP contribution in [0.15, 0.2) is 18.2 Å².